The minimum Gasteiger partial charge on any atom is -0.467 e. The van der Waals surface area contributed by atoms with Gasteiger partial charge in [0.15, 0.2) is 5.60 Å². The normalized spacial score (nSPS) is 15.3. The number of methoxy groups -OCH3 is 1. The third-order valence-electron chi connectivity index (χ3n) is 1.80. The average Bonchev–Trinajstić information content (AvgIpc) is 2.18. The molecule has 6 nitrogen and oxygen atoms in total. The van der Waals surface area contributed by atoms with Crippen LogP contribution in [-0.4, -0.2) is 59.8 Å². The van der Waals surface area contributed by atoms with Crippen molar-refractivity contribution >= 4 is 5.97 Å². The zero-order valence-corrected chi connectivity index (χ0v) is 8.36. The van der Waals surface area contributed by atoms with Crippen LogP contribution < -0.4 is 5.32 Å². The number of aliphatic hydroxyl groups is 3. The second-order valence-electron chi connectivity index (χ2n) is 3.21. The van der Waals surface area contributed by atoms with Gasteiger partial charge in [0.25, 0.3) is 0 Å². The molecule has 0 aliphatic heterocycles. The maximum Gasteiger partial charge on any atom is 0.338 e. The molecule has 84 valence electrons. The number of nitrogens with one attached hydrogen (secondary N) is 1. The summed E-state index contributed by atoms with van der Waals surface area (Å²) in [5.74, 6) is -0.764. The Morgan fingerprint density at radius 1 is 1.50 bits per heavy atom. The van der Waals surface area contributed by atoms with E-state index >= 15 is 0 Å². The summed E-state index contributed by atoms with van der Waals surface area (Å²) in [7, 11) is 1.17. The predicted octanol–water partition coefficient (Wildman–Crippen LogP) is -2.15. The number of carbonyl (C=O) groups is 1. The standard InChI is InChI=1S/C8H17NO5/c1-8(13,7(12)14-2)5-9-6(3-10)4-11/h6,9-11,13H,3-5H2,1-2H3. The van der Waals surface area contributed by atoms with Crippen LogP contribution in [0.3, 0.4) is 0 Å². The molecule has 0 bridgehead atoms. The summed E-state index contributed by atoms with van der Waals surface area (Å²) in [6.07, 6.45) is 0. The van der Waals surface area contributed by atoms with Crippen molar-refractivity contribution in [2.45, 2.75) is 18.6 Å². The van der Waals surface area contributed by atoms with Gasteiger partial charge in [0.1, 0.15) is 0 Å². The molecule has 6 heteroatoms. The molecule has 0 rings (SSSR count). The summed E-state index contributed by atoms with van der Waals surface area (Å²) in [6.45, 7) is 0.657. The van der Waals surface area contributed by atoms with Crippen molar-refractivity contribution in [3.8, 4) is 0 Å². The molecule has 0 heterocycles. The van der Waals surface area contributed by atoms with Gasteiger partial charge < -0.3 is 25.4 Å². The molecule has 0 saturated heterocycles. The largest absolute Gasteiger partial charge is 0.467 e. The zero-order chi connectivity index (χ0) is 11.2. The number of hydrogen-bond acceptors (Lipinski definition) is 6. The minimum atomic E-state index is -1.66. The van der Waals surface area contributed by atoms with E-state index in [1.807, 2.05) is 0 Å². The van der Waals surface area contributed by atoms with Gasteiger partial charge >= 0.3 is 5.97 Å². The smallest absolute Gasteiger partial charge is 0.338 e. The average molecular weight is 207 g/mol. The van der Waals surface area contributed by atoms with Crippen LogP contribution in [-0.2, 0) is 9.53 Å². The fourth-order valence-corrected chi connectivity index (χ4v) is 0.822. The molecule has 0 aromatic heterocycles. The summed E-state index contributed by atoms with van der Waals surface area (Å²) in [5, 5.41) is 29.5. The first-order valence-corrected chi connectivity index (χ1v) is 4.23. The second kappa shape index (κ2) is 5.92. The minimum absolute atomic E-state index is 0.0918. The molecule has 0 fully saturated rings. The zero-order valence-electron chi connectivity index (χ0n) is 8.36. The molecule has 0 aromatic rings. The Hall–Kier alpha value is -0.690. The maximum atomic E-state index is 11.0. The van der Waals surface area contributed by atoms with Gasteiger partial charge in [0.05, 0.1) is 26.4 Å². The Kier molecular flexibility index (Phi) is 5.63. The summed E-state index contributed by atoms with van der Waals surface area (Å²) in [5.41, 5.74) is -1.66. The van der Waals surface area contributed by atoms with Crippen LogP contribution in [0.15, 0.2) is 0 Å². The van der Waals surface area contributed by atoms with Gasteiger partial charge in [-0.25, -0.2) is 4.79 Å². The molecule has 1 atom stereocenters. The molecule has 0 radical (unpaired) electrons. The molecule has 4 N–H and O–H groups in total. The van der Waals surface area contributed by atoms with Crippen LogP contribution in [0, 0.1) is 0 Å². The van der Waals surface area contributed by atoms with Crippen molar-refractivity contribution in [2.75, 3.05) is 26.9 Å². The lowest BCUT2D eigenvalue weighted by Gasteiger charge is -2.23. The van der Waals surface area contributed by atoms with Crippen molar-refractivity contribution < 1.29 is 24.9 Å². The maximum absolute atomic E-state index is 11.0. The number of rotatable bonds is 6. The first-order valence-electron chi connectivity index (χ1n) is 4.23. The van der Waals surface area contributed by atoms with E-state index in [0.29, 0.717) is 0 Å². The van der Waals surface area contributed by atoms with Crippen molar-refractivity contribution in [2.24, 2.45) is 0 Å². The number of hydrogen-bond donors (Lipinski definition) is 4. The van der Waals surface area contributed by atoms with Crippen molar-refractivity contribution in [3.63, 3.8) is 0 Å². The van der Waals surface area contributed by atoms with E-state index in [2.05, 4.69) is 10.1 Å². The Morgan fingerprint density at radius 2 is 2.00 bits per heavy atom. The van der Waals surface area contributed by atoms with E-state index in [-0.39, 0.29) is 19.8 Å². The fourth-order valence-electron chi connectivity index (χ4n) is 0.822. The number of ether oxygens (including phenoxy) is 1. The first-order chi connectivity index (χ1) is 6.47. The molecular formula is C8H17NO5. The van der Waals surface area contributed by atoms with E-state index in [0.717, 1.165) is 0 Å². The highest BCUT2D eigenvalue weighted by Crippen LogP contribution is 2.03. The molecular weight excluding hydrogens is 190 g/mol. The van der Waals surface area contributed by atoms with Crippen molar-refractivity contribution in [3.05, 3.63) is 0 Å². The molecule has 0 aliphatic carbocycles. The van der Waals surface area contributed by atoms with Gasteiger partial charge in [-0.3, -0.25) is 0 Å². The Morgan fingerprint density at radius 3 is 2.36 bits per heavy atom. The second-order valence-corrected chi connectivity index (χ2v) is 3.21. The lowest BCUT2D eigenvalue weighted by atomic mass is 10.1. The third kappa shape index (κ3) is 4.01. The summed E-state index contributed by atoms with van der Waals surface area (Å²) in [4.78, 5) is 11.0. The van der Waals surface area contributed by atoms with E-state index in [4.69, 9.17) is 10.2 Å². The molecule has 0 saturated carbocycles. The summed E-state index contributed by atoms with van der Waals surface area (Å²) >= 11 is 0. The van der Waals surface area contributed by atoms with Gasteiger partial charge in [-0.1, -0.05) is 0 Å². The van der Waals surface area contributed by atoms with Gasteiger partial charge in [-0.2, -0.15) is 0 Å². The highest BCUT2D eigenvalue weighted by Gasteiger charge is 2.31. The lowest BCUT2D eigenvalue weighted by molar-refractivity contribution is -0.160. The molecule has 0 aromatic carbocycles. The van der Waals surface area contributed by atoms with E-state index in [1.165, 1.54) is 14.0 Å². The van der Waals surface area contributed by atoms with E-state index in [1.54, 1.807) is 0 Å². The van der Waals surface area contributed by atoms with Gasteiger partial charge in [0, 0.05) is 6.54 Å². The van der Waals surface area contributed by atoms with E-state index in [9.17, 15) is 9.90 Å². The Bertz CT molecular complexity index is 179. The summed E-state index contributed by atoms with van der Waals surface area (Å²) < 4.78 is 4.36. The monoisotopic (exact) mass is 207 g/mol. The van der Waals surface area contributed by atoms with Crippen LogP contribution in [0.4, 0.5) is 0 Å². The van der Waals surface area contributed by atoms with Gasteiger partial charge in [-0.05, 0) is 6.92 Å². The molecule has 0 amide bonds. The lowest BCUT2D eigenvalue weighted by Crippen LogP contribution is -2.50. The number of aliphatic hydroxyl groups excluding tert-OH is 2. The SMILES string of the molecule is COC(=O)C(C)(O)CNC(CO)CO. The Balaban J connectivity index is 4.03. The summed E-state index contributed by atoms with van der Waals surface area (Å²) in [6, 6.07) is -0.550. The molecule has 1 unspecified atom stereocenters. The number of carbonyl (C=O) groups excluding carboxylic acids is 1. The number of esters is 1. The topological polar surface area (TPSA) is 99.0 Å². The van der Waals surface area contributed by atoms with E-state index < -0.39 is 17.6 Å². The van der Waals surface area contributed by atoms with Crippen LogP contribution >= 0.6 is 0 Å². The highest BCUT2D eigenvalue weighted by molar-refractivity contribution is 5.78. The van der Waals surface area contributed by atoms with Crippen LogP contribution in [0.1, 0.15) is 6.92 Å². The van der Waals surface area contributed by atoms with Gasteiger partial charge in [-0.15, -0.1) is 0 Å². The predicted molar refractivity (Wildman–Crippen MR) is 48.6 cm³/mol. The van der Waals surface area contributed by atoms with Crippen molar-refractivity contribution in [1.82, 2.24) is 5.32 Å². The van der Waals surface area contributed by atoms with Crippen LogP contribution in [0.25, 0.3) is 0 Å². The first kappa shape index (κ1) is 13.3. The molecule has 14 heavy (non-hydrogen) atoms. The van der Waals surface area contributed by atoms with Crippen LogP contribution in [0.5, 0.6) is 0 Å². The molecule has 0 aliphatic rings. The highest BCUT2D eigenvalue weighted by atomic mass is 16.5. The van der Waals surface area contributed by atoms with Crippen molar-refractivity contribution in [1.29, 1.82) is 0 Å². The van der Waals surface area contributed by atoms with Crippen LogP contribution in [0.2, 0.25) is 0 Å². The third-order valence-corrected chi connectivity index (χ3v) is 1.80. The molecule has 0 spiro atoms. The van der Waals surface area contributed by atoms with Gasteiger partial charge in [0.2, 0.25) is 0 Å². The quantitative estimate of drug-likeness (QED) is 0.371. The fraction of sp³-hybridized carbons (Fsp3) is 0.875. The Labute approximate surface area is 82.5 Å².